The maximum absolute atomic E-state index is 13.5. The van der Waals surface area contributed by atoms with Crippen LogP contribution in [0, 0.1) is 5.82 Å². The van der Waals surface area contributed by atoms with Gasteiger partial charge < -0.3 is 10.8 Å². The molecule has 0 heterocycles. The van der Waals surface area contributed by atoms with E-state index < -0.39 is 17.8 Å². The van der Waals surface area contributed by atoms with E-state index in [1.165, 1.54) is 12.1 Å². The van der Waals surface area contributed by atoms with Gasteiger partial charge in [-0.3, -0.25) is 4.79 Å². The zero-order chi connectivity index (χ0) is 11.6. The summed E-state index contributed by atoms with van der Waals surface area (Å²) in [7, 11) is 0. The summed E-state index contributed by atoms with van der Waals surface area (Å²) < 4.78 is 13.9. The Morgan fingerprint density at radius 1 is 1.67 bits per heavy atom. The molecule has 1 rings (SSSR count). The predicted molar refractivity (Wildman–Crippen MR) is 58.3 cm³/mol. The average molecular weight is 297 g/mol. The molecule has 82 valence electrons. The third-order valence-electron chi connectivity index (χ3n) is 1.84. The van der Waals surface area contributed by atoms with E-state index in [0.717, 1.165) is 0 Å². The van der Waals surface area contributed by atoms with Gasteiger partial charge in [0.1, 0.15) is 5.82 Å². The van der Waals surface area contributed by atoms with Crippen LogP contribution in [0.1, 0.15) is 18.0 Å². The Kier molecular flexibility index (Phi) is 4.07. The van der Waals surface area contributed by atoms with Crippen LogP contribution in [0.25, 0.3) is 0 Å². The Hall–Kier alpha value is -0.650. The van der Waals surface area contributed by atoms with Crippen LogP contribution in [0.2, 0.25) is 5.02 Å². The molecule has 15 heavy (non-hydrogen) atoms. The summed E-state index contributed by atoms with van der Waals surface area (Å²) >= 11 is 8.67. The highest BCUT2D eigenvalue weighted by Gasteiger charge is 2.19. The van der Waals surface area contributed by atoms with Crippen molar-refractivity contribution in [2.24, 2.45) is 5.73 Å². The summed E-state index contributed by atoms with van der Waals surface area (Å²) in [4.78, 5) is 10.4. The summed E-state index contributed by atoms with van der Waals surface area (Å²) in [6.45, 7) is 0. The minimum absolute atomic E-state index is 0.0750. The maximum atomic E-state index is 13.5. The van der Waals surface area contributed by atoms with Gasteiger partial charge in [0.25, 0.3) is 0 Å². The lowest BCUT2D eigenvalue weighted by Crippen LogP contribution is -2.17. The van der Waals surface area contributed by atoms with Gasteiger partial charge in [-0.2, -0.15) is 0 Å². The van der Waals surface area contributed by atoms with Gasteiger partial charge in [0.05, 0.1) is 11.4 Å². The largest absolute Gasteiger partial charge is 0.481 e. The zero-order valence-electron chi connectivity index (χ0n) is 7.51. The first kappa shape index (κ1) is 12.4. The molecule has 0 aliphatic heterocycles. The molecule has 6 heteroatoms. The molecule has 1 atom stereocenters. The number of hydrogen-bond acceptors (Lipinski definition) is 2. The first-order valence-corrected chi connectivity index (χ1v) is 5.21. The average Bonchev–Trinajstić information content (AvgIpc) is 2.11. The molecule has 1 aromatic rings. The first-order valence-electron chi connectivity index (χ1n) is 4.04. The molecule has 0 radical (unpaired) electrons. The van der Waals surface area contributed by atoms with Crippen molar-refractivity contribution < 1.29 is 14.3 Å². The van der Waals surface area contributed by atoms with Crippen molar-refractivity contribution in [1.29, 1.82) is 0 Å². The molecule has 0 amide bonds. The third kappa shape index (κ3) is 2.90. The zero-order valence-corrected chi connectivity index (χ0v) is 9.85. The molecule has 0 aliphatic rings. The fourth-order valence-electron chi connectivity index (χ4n) is 1.17. The van der Waals surface area contributed by atoms with Crippen LogP contribution in [0.4, 0.5) is 4.39 Å². The van der Waals surface area contributed by atoms with Crippen LogP contribution in [0.5, 0.6) is 0 Å². The maximum Gasteiger partial charge on any atom is 0.305 e. The van der Waals surface area contributed by atoms with Crippen molar-refractivity contribution in [3.63, 3.8) is 0 Å². The molecule has 0 bridgehead atoms. The lowest BCUT2D eigenvalue weighted by Gasteiger charge is -2.13. The van der Waals surface area contributed by atoms with Crippen LogP contribution >= 0.6 is 27.5 Å². The van der Waals surface area contributed by atoms with E-state index in [1.54, 1.807) is 0 Å². The van der Waals surface area contributed by atoms with Crippen molar-refractivity contribution in [1.82, 2.24) is 0 Å². The van der Waals surface area contributed by atoms with Gasteiger partial charge in [-0.1, -0.05) is 27.5 Å². The smallest absolute Gasteiger partial charge is 0.305 e. The number of nitrogens with two attached hydrogens (primary N) is 1. The van der Waals surface area contributed by atoms with E-state index in [9.17, 15) is 9.18 Å². The van der Waals surface area contributed by atoms with Crippen LogP contribution in [-0.2, 0) is 4.79 Å². The van der Waals surface area contributed by atoms with E-state index in [0.29, 0.717) is 4.47 Å². The molecule has 1 aromatic carbocycles. The van der Waals surface area contributed by atoms with Gasteiger partial charge in [0.2, 0.25) is 0 Å². The van der Waals surface area contributed by atoms with E-state index in [2.05, 4.69) is 15.9 Å². The highest BCUT2D eigenvalue weighted by Crippen LogP contribution is 2.30. The van der Waals surface area contributed by atoms with Crippen LogP contribution < -0.4 is 5.73 Å². The first-order chi connectivity index (χ1) is 6.93. The summed E-state index contributed by atoms with van der Waals surface area (Å²) in [6, 6.07) is 1.98. The van der Waals surface area contributed by atoms with Gasteiger partial charge in [0, 0.05) is 16.1 Å². The molecule has 0 saturated heterocycles. The van der Waals surface area contributed by atoms with E-state index in [-0.39, 0.29) is 17.0 Å². The summed E-state index contributed by atoms with van der Waals surface area (Å²) in [5.41, 5.74) is 5.64. The fourth-order valence-corrected chi connectivity index (χ4v) is 1.94. The van der Waals surface area contributed by atoms with Gasteiger partial charge in [-0.15, -0.1) is 0 Å². The van der Waals surface area contributed by atoms with Gasteiger partial charge in [0.15, 0.2) is 0 Å². The van der Waals surface area contributed by atoms with Crippen molar-refractivity contribution in [2.45, 2.75) is 12.5 Å². The Bertz CT molecular complexity index is 400. The standard InChI is InChI=1S/C9H8BrClFNO2/c10-4-1-2-5(11)9(12)8(4)6(13)3-7(14)15/h1-2,6H,3,13H2,(H,14,15). The number of hydrogen-bond donors (Lipinski definition) is 2. The van der Waals surface area contributed by atoms with E-state index in [1.807, 2.05) is 0 Å². The summed E-state index contributed by atoms with van der Waals surface area (Å²) in [6.07, 6.45) is -0.351. The lowest BCUT2D eigenvalue weighted by atomic mass is 10.0. The number of halogens is 3. The molecule has 0 saturated carbocycles. The molecule has 1 unspecified atom stereocenters. The van der Waals surface area contributed by atoms with Crippen LogP contribution in [0.15, 0.2) is 16.6 Å². The number of aliphatic carboxylic acids is 1. The number of benzene rings is 1. The normalized spacial score (nSPS) is 12.5. The Morgan fingerprint density at radius 2 is 2.27 bits per heavy atom. The summed E-state index contributed by atoms with van der Waals surface area (Å²) in [5, 5.41) is 8.47. The number of carbonyl (C=O) groups is 1. The second kappa shape index (κ2) is 4.92. The summed E-state index contributed by atoms with van der Waals surface area (Å²) in [5.74, 6) is -1.77. The molecular formula is C9H8BrClFNO2. The molecule has 0 aliphatic carbocycles. The fraction of sp³-hybridized carbons (Fsp3) is 0.222. The van der Waals surface area contributed by atoms with Crippen LogP contribution in [0.3, 0.4) is 0 Å². The van der Waals surface area contributed by atoms with E-state index in [4.69, 9.17) is 22.4 Å². The minimum atomic E-state index is -1.09. The highest BCUT2D eigenvalue weighted by molar-refractivity contribution is 9.10. The van der Waals surface area contributed by atoms with Crippen molar-refractivity contribution in [2.75, 3.05) is 0 Å². The van der Waals surface area contributed by atoms with Crippen molar-refractivity contribution in [3.8, 4) is 0 Å². The Balaban J connectivity index is 3.12. The Morgan fingerprint density at radius 3 is 2.80 bits per heavy atom. The number of carboxylic acid groups (broad SMARTS) is 1. The van der Waals surface area contributed by atoms with Gasteiger partial charge in [-0.05, 0) is 12.1 Å². The monoisotopic (exact) mass is 295 g/mol. The minimum Gasteiger partial charge on any atom is -0.481 e. The van der Waals surface area contributed by atoms with E-state index >= 15 is 0 Å². The number of carboxylic acids is 1. The molecule has 0 aromatic heterocycles. The van der Waals surface area contributed by atoms with Crippen molar-refractivity contribution >= 4 is 33.5 Å². The molecule has 3 N–H and O–H groups in total. The highest BCUT2D eigenvalue weighted by atomic mass is 79.9. The quantitative estimate of drug-likeness (QED) is 0.843. The second-order valence-electron chi connectivity index (χ2n) is 2.96. The molecule has 0 spiro atoms. The van der Waals surface area contributed by atoms with Gasteiger partial charge >= 0.3 is 5.97 Å². The second-order valence-corrected chi connectivity index (χ2v) is 4.22. The third-order valence-corrected chi connectivity index (χ3v) is 2.83. The lowest BCUT2D eigenvalue weighted by molar-refractivity contribution is -0.137. The molecule has 3 nitrogen and oxygen atoms in total. The number of rotatable bonds is 3. The van der Waals surface area contributed by atoms with Gasteiger partial charge in [-0.25, -0.2) is 4.39 Å². The predicted octanol–water partition coefficient (Wildman–Crippen LogP) is 2.72. The Labute approximate surface area is 99.2 Å². The SMILES string of the molecule is NC(CC(=O)O)c1c(Br)ccc(Cl)c1F. The topological polar surface area (TPSA) is 63.3 Å². The molecule has 0 fully saturated rings. The molecular weight excluding hydrogens is 288 g/mol. The van der Waals surface area contributed by atoms with Crippen molar-refractivity contribution in [3.05, 3.63) is 33.0 Å². The van der Waals surface area contributed by atoms with Crippen LogP contribution in [-0.4, -0.2) is 11.1 Å².